The van der Waals surface area contributed by atoms with Crippen LogP contribution in [0.5, 0.6) is 17.2 Å². The molecule has 1 fully saturated rings. The van der Waals surface area contributed by atoms with Gasteiger partial charge in [-0.15, -0.1) is 0 Å². The molecule has 42 heavy (non-hydrogen) atoms. The number of unbranched alkanes of at least 4 members (excludes halogenated alkanes) is 3. The summed E-state index contributed by atoms with van der Waals surface area (Å²) in [4.78, 5) is 33.1. The first-order valence-electron chi connectivity index (χ1n) is 14.4. The second-order valence-corrected chi connectivity index (χ2v) is 11.1. The van der Waals surface area contributed by atoms with E-state index >= 15 is 0 Å². The number of hydrogen-bond acceptors (Lipinski definition) is 7. The van der Waals surface area contributed by atoms with Crippen LogP contribution >= 0.6 is 11.8 Å². The number of ether oxygens (including phenoxy) is 3. The Kier molecular flexibility index (Phi) is 11.7. The van der Waals surface area contributed by atoms with Crippen LogP contribution in [0.2, 0.25) is 0 Å². The number of para-hydroxylation sites is 1. The van der Waals surface area contributed by atoms with Crippen molar-refractivity contribution in [1.29, 1.82) is 0 Å². The molecule has 4 rings (SSSR count). The second kappa shape index (κ2) is 15.9. The lowest BCUT2D eigenvalue weighted by atomic mass is 10.1. The standard InChI is InChI=1S/C33H39N3O5S/c1-4-5-6-10-21-41-27-16-14-26(15-17-27)34-32(38)30-23-31(37)36(33(42-30)35-25-11-8-7-9-12-25)20-19-24-13-18-28(39-2)29(22-24)40-3/h7-9,11-18,22,30H,4-6,10,19-21,23H2,1-3H3,(H,34,38). The summed E-state index contributed by atoms with van der Waals surface area (Å²) in [7, 11) is 3.19. The highest BCUT2D eigenvalue weighted by atomic mass is 32.2. The largest absolute Gasteiger partial charge is 0.494 e. The smallest absolute Gasteiger partial charge is 0.238 e. The lowest BCUT2D eigenvalue weighted by Gasteiger charge is -2.32. The fourth-order valence-corrected chi connectivity index (χ4v) is 5.65. The van der Waals surface area contributed by atoms with Gasteiger partial charge in [-0.05, 0) is 66.9 Å². The minimum atomic E-state index is -0.605. The zero-order chi connectivity index (χ0) is 29.7. The summed E-state index contributed by atoms with van der Waals surface area (Å²) in [5.41, 5.74) is 2.37. The summed E-state index contributed by atoms with van der Waals surface area (Å²) in [5.74, 6) is 1.68. The number of carbonyl (C=O) groups is 2. The summed E-state index contributed by atoms with van der Waals surface area (Å²) >= 11 is 1.31. The van der Waals surface area contributed by atoms with Crippen molar-refractivity contribution < 1.29 is 23.8 Å². The van der Waals surface area contributed by atoms with Gasteiger partial charge in [0.2, 0.25) is 11.8 Å². The van der Waals surface area contributed by atoms with E-state index in [4.69, 9.17) is 19.2 Å². The molecule has 1 atom stereocenters. The van der Waals surface area contributed by atoms with Crippen molar-refractivity contribution >= 4 is 40.1 Å². The molecule has 0 radical (unpaired) electrons. The van der Waals surface area contributed by atoms with Gasteiger partial charge in [0.1, 0.15) is 11.0 Å². The fraction of sp³-hybridized carbons (Fsp3) is 0.364. The summed E-state index contributed by atoms with van der Waals surface area (Å²) in [6.07, 6.45) is 5.25. The van der Waals surface area contributed by atoms with E-state index < -0.39 is 5.25 Å². The molecule has 1 unspecified atom stereocenters. The van der Waals surface area contributed by atoms with E-state index in [-0.39, 0.29) is 18.2 Å². The van der Waals surface area contributed by atoms with E-state index in [2.05, 4.69) is 12.2 Å². The van der Waals surface area contributed by atoms with Gasteiger partial charge in [0.05, 0.1) is 26.5 Å². The van der Waals surface area contributed by atoms with Gasteiger partial charge >= 0.3 is 0 Å². The summed E-state index contributed by atoms with van der Waals surface area (Å²) in [6, 6.07) is 22.5. The van der Waals surface area contributed by atoms with Gasteiger partial charge < -0.3 is 19.5 Å². The number of anilines is 1. The minimum Gasteiger partial charge on any atom is -0.494 e. The normalized spacial score (nSPS) is 15.9. The Morgan fingerprint density at radius 1 is 0.976 bits per heavy atom. The molecule has 0 aromatic heterocycles. The fourth-order valence-electron chi connectivity index (χ4n) is 4.53. The van der Waals surface area contributed by atoms with Gasteiger partial charge in [0.25, 0.3) is 0 Å². The van der Waals surface area contributed by atoms with Crippen molar-refractivity contribution in [1.82, 2.24) is 4.90 Å². The van der Waals surface area contributed by atoms with Gasteiger partial charge in [-0.3, -0.25) is 14.5 Å². The lowest BCUT2D eigenvalue weighted by Crippen LogP contribution is -2.46. The average Bonchev–Trinajstić information content (AvgIpc) is 3.01. The first-order valence-corrected chi connectivity index (χ1v) is 15.2. The predicted octanol–water partition coefficient (Wildman–Crippen LogP) is 6.87. The van der Waals surface area contributed by atoms with Gasteiger partial charge in [-0.1, -0.05) is 62.2 Å². The molecule has 3 aromatic rings. The van der Waals surface area contributed by atoms with E-state index in [1.54, 1.807) is 19.1 Å². The van der Waals surface area contributed by atoms with Gasteiger partial charge in [-0.2, -0.15) is 0 Å². The van der Waals surface area contributed by atoms with Crippen LogP contribution in [0.4, 0.5) is 11.4 Å². The lowest BCUT2D eigenvalue weighted by molar-refractivity contribution is -0.129. The molecule has 1 aliphatic rings. The Morgan fingerprint density at radius 3 is 2.45 bits per heavy atom. The third-order valence-electron chi connectivity index (χ3n) is 6.87. The van der Waals surface area contributed by atoms with Crippen LogP contribution in [0.3, 0.4) is 0 Å². The van der Waals surface area contributed by atoms with Gasteiger partial charge in [0.15, 0.2) is 16.7 Å². The molecule has 1 aliphatic heterocycles. The minimum absolute atomic E-state index is 0.0786. The highest BCUT2D eigenvalue weighted by molar-refractivity contribution is 8.15. The number of carbonyl (C=O) groups excluding carboxylic acids is 2. The van der Waals surface area contributed by atoms with E-state index in [1.165, 1.54) is 24.6 Å². The number of amidine groups is 1. The predicted molar refractivity (Wildman–Crippen MR) is 169 cm³/mol. The Balaban J connectivity index is 1.42. The topological polar surface area (TPSA) is 89.5 Å². The third kappa shape index (κ3) is 8.76. The second-order valence-electron chi connectivity index (χ2n) is 9.95. The number of nitrogens with zero attached hydrogens (tertiary/aromatic N) is 2. The van der Waals surface area contributed by atoms with Gasteiger partial charge in [0, 0.05) is 18.7 Å². The first kappa shape index (κ1) is 31.0. The maximum Gasteiger partial charge on any atom is 0.238 e. The van der Waals surface area contributed by atoms with Crippen LogP contribution in [0.15, 0.2) is 77.8 Å². The van der Waals surface area contributed by atoms with Crippen LogP contribution < -0.4 is 19.5 Å². The highest BCUT2D eigenvalue weighted by Gasteiger charge is 2.35. The van der Waals surface area contributed by atoms with Crippen molar-refractivity contribution in [3.05, 3.63) is 78.4 Å². The summed E-state index contributed by atoms with van der Waals surface area (Å²) in [6.45, 7) is 3.28. The number of amides is 2. The van der Waals surface area contributed by atoms with Crippen molar-refractivity contribution in [2.75, 3.05) is 32.7 Å². The van der Waals surface area contributed by atoms with Crippen molar-refractivity contribution in [3.8, 4) is 17.2 Å². The Labute approximate surface area is 252 Å². The first-order chi connectivity index (χ1) is 20.5. The Bertz CT molecular complexity index is 1350. The molecule has 1 N–H and O–H groups in total. The molecule has 0 aliphatic carbocycles. The number of hydrogen-bond donors (Lipinski definition) is 1. The number of methoxy groups -OCH3 is 2. The van der Waals surface area contributed by atoms with E-state index in [9.17, 15) is 9.59 Å². The van der Waals surface area contributed by atoms with Gasteiger partial charge in [-0.25, -0.2) is 4.99 Å². The Hall–Kier alpha value is -3.98. The molecule has 9 heteroatoms. The monoisotopic (exact) mass is 589 g/mol. The molecule has 0 bridgehead atoms. The number of rotatable bonds is 14. The summed E-state index contributed by atoms with van der Waals surface area (Å²) in [5, 5.41) is 2.86. The van der Waals surface area contributed by atoms with Crippen LogP contribution in [0.25, 0.3) is 0 Å². The Morgan fingerprint density at radius 2 is 1.74 bits per heavy atom. The highest BCUT2D eigenvalue weighted by Crippen LogP contribution is 2.31. The zero-order valence-electron chi connectivity index (χ0n) is 24.5. The summed E-state index contributed by atoms with van der Waals surface area (Å²) < 4.78 is 16.6. The maximum absolute atomic E-state index is 13.4. The quantitative estimate of drug-likeness (QED) is 0.207. The van der Waals surface area contributed by atoms with Crippen LogP contribution in [-0.2, 0) is 16.0 Å². The molecule has 0 saturated carbocycles. The van der Waals surface area contributed by atoms with E-state index in [0.29, 0.717) is 41.9 Å². The number of thioether (sulfide) groups is 1. The van der Waals surface area contributed by atoms with Crippen LogP contribution in [-0.4, -0.2) is 54.5 Å². The van der Waals surface area contributed by atoms with Crippen molar-refractivity contribution in [2.45, 2.75) is 50.7 Å². The molecular weight excluding hydrogens is 550 g/mol. The average molecular weight is 590 g/mol. The van der Waals surface area contributed by atoms with E-state index in [1.807, 2.05) is 72.8 Å². The van der Waals surface area contributed by atoms with Crippen molar-refractivity contribution in [2.24, 2.45) is 4.99 Å². The van der Waals surface area contributed by atoms with Crippen molar-refractivity contribution in [3.63, 3.8) is 0 Å². The van der Waals surface area contributed by atoms with E-state index in [0.717, 1.165) is 29.8 Å². The molecule has 1 heterocycles. The molecule has 3 aromatic carbocycles. The molecule has 8 nitrogen and oxygen atoms in total. The molecule has 0 spiro atoms. The molecular formula is C33H39N3O5S. The SMILES string of the molecule is CCCCCCOc1ccc(NC(=O)C2CC(=O)N(CCc3ccc(OC)c(OC)c3)C(=Nc3ccccc3)S2)cc1. The zero-order valence-corrected chi connectivity index (χ0v) is 25.3. The molecule has 222 valence electrons. The molecule has 2 amide bonds. The van der Waals surface area contributed by atoms with Crippen LogP contribution in [0.1, 0.15) is 44.6 Å². The number of benzene rings is 3. The number of nitrogens with one attached hydrogen (secondary N) is 1. The molecule has 1 saturated heterocycles. The number of aliphatic imine (C=N–C) groups is 1. The van der Waals surface area contributed by atoms with Crippen LogP contribution in [0, 0.1) is 0 Å². The maximum atomic E-state index is 13.4. The third-order valence-corrected chi connectivity index (χ3v) is 8.06.